The largest absolute Gasteiger partial charge is 0.491 e. The van der Waals surface area contributed by atoms with Crippen molar-refractivity contribution in [3.63, 3.8) is 0 Å². The summed E-state index contributed by atoms with van der Waals surface area (Å²) in [6.07, 6.45) is 1.21. The van der Waals surface area contributed by atoms with E-state index in [9.17, 15) is 4.79 Å². The van der Waals surface area contributed by atoms with Gasteiger partial charge in [-0.3, -0.25) is 4.79 Å². The summed E-state index contributed by atoms with van der Waals surface area (Å²) in [6.45, 7) is 3.75. The standard InChI is InChI=1S/C19H23NO3/c1-2-22-14-15-23-18-11-9-17(10-12-18)20-19(21)13-8-16-6-4-3-5-7-16/h3-7,9-12H,2,8,13-15H2,1H3,(H,20,21). The average molecular weight is 313 g/mol. The third-order valence-corrected chi connectivity index (χ3v) is 3.32. The van der Waals surface area contributed by atoms with Crippen LogP contribution in [0.4, 0.5) is 5.69 Å². The zero-order chi connectivity index (χ0) is 16.3. The first-order valence-electron chi connectivity index (χ1n) is 7.92. The van der Waals surface area contributed by atoms with Crippen molar-refractivity contribution in [2.75, 3.05) is 25.1 Å². The highest BCUT2D eigenvalue weighted by Crippen LogP contribution is 2.16. The van der Waals surface area contributed by atoms with Gasteiger partial charge in [-0.1, -0.05) is 30.3 Å². The monoisotopic (exact) mass is 313 g/mol. The van der Waals surface area contributed by atoms with E-state index in [4.69, 9.17) is 9.47 Å². The van der Waals surface area contributed by atoms with Gasteiger partial charge < -0.3 is 14.8 Å². The summed E-state index contributed by atoms with van der Waals surface area (Å²) in [4.78, 5) is 12.0. The molecule has 0 aromatic heterocycles. The first kappa shape index (κ1) is 17.0. The Kier molecular flexibility index (Phi) is 7.14. The topological polar surface area (TPSA) is 47.6 Å². The second-order valence-electron chi connectivity index (χ2n) is 5.10. The lowest BCUT2D eigenvalue weighted by molar-refractivity contribution is -0.116. The maximum absolute atomic E-state index is 12.0. The van der Waals surface area contributed by atoms with E-state index in [0.717, 1.165) is 17.9 Å². The Bertz CT molecular complexity index is 581. The van der Waals surface area contributed by atoms with Gasteiger partial charge in [-0.25, -0.2) is 0 Å². The fraction of sp³-hybridized carbons (Fsp3) is 0.316. The molecule has 4 nitrogen and oxygen atoms in total. The number of amides is 1. The van der Waals surface area contributed by atoms with E-state index >= 15 is 0 Å². The SMILES string of the molecule is CCOCCOc1ccc(NC(=O)CCc2ccccc2)cc1. The molecule has 0 aliphatic heterocycles. The van der Waals surface area contributed by atoms with Crippen molar-refractivity contribution in [3.05, 3.63) is 60.2 Å². The van der Waals surface area contributed by atoms with Crippen LogP contribution in [0.15, 0.2) is 54.6 Å². The van der Waals surface area contributed by atoms with Crippen LogP contribution in [-0.2, 0) is 16.0 Å². The summed E-state index contributed by atoms with van der Waals surface area (Å²) < 4.78 is 10.7. The van der Waals surface area contributed by atoms with Gasteiger partial charge >= 0.3 is 0 Å². The molecular formula is C19H23NO3. The number of carbonyl (C=O) groups is 1. The molecule has 0 radical (unpaired) electrons. The fourth-order valence-corrected chi connectivity index (χ4v) is 2.12. The van der Waals surface area contributed by atoms with Crippen molar-refractivity contribution in [1.29, 1.82) is 0 Å². The predicted octanol–water partition coefficient (Wildman–Crippen LogP) is 3.67. The highest BCUT2D eigenvalue weighted by atomic mass is 16.5. The number of aryl methyl sites for hydroxylation is 1. The minimum atomic E-state index is 0.0128. The molecule has 0 bridgehead atoms. The summed E-state index contributed by atoms with van der Waals surface area (Å²) in [5, 5.41) is 2.90. The van der Waals surface area contributed by atoms with Crippen LogP contribution >= 0.6 is 0 Å². The van der Waals surface area contributed by atoms with Crippen molar-refractivity contribution in [2.45, 2.75) is 19.8 Å². The molecule has 2 aromatic rings. The molecule has 1 N–H and O–H groups in total. The third kappa shape index (κ3) is 6.53. The van der Waals surface area contributed by atoms with Gasteiger partial charge in [-0.15, -0.1) is 0 Å². The normalized spacial score (nSPS) is 10.3. The number of nitrogens with one attached hydrogen (secondary N) is 1. The minimum absolute atomic E-state index is 0.0128. The number of carbonyl (C=O) groups excluding carboxylic acids is 1. The van der Waals surface area contributed by atoms with Crippen LogP contribution in [-0.4, -0.2) is 25.7 Å². The smallest absolute Gasteiger partial charge is 0.224 e. The number of hydrogen-bond donors (Lipinski definition) is 1. The fourth-order valence-electron chi connectivity index (χ4n) is 2.12. The molecule has 4 heteroatoms. The zero-order valence-electron chi connectivity index (χ0n) is 13.5. The van der Waals surface area contributed by atoms with Crippen molar-refractivity contribution in [1.82, 2.24) is 0 Å². The zero-order valence-corrected chi connectivity index (χ0v) is 13.5. The molecule has 0 fully saturated rings. The molecule has 0 aliphatic rings. The summed E-state index contributed by atoms with van der Waals surface area (Å²) in [5.41, 5.74) is 1.95. The quantitative estimate of drug-likeness (QED) is 0.719. The number of rotatable bonds is 9. The van der Waals surface area contributed by atoms with E-state index in [1.807, 2.05) is 61.5 Å². The van der Waals surface area contributed by atoms with Crippen molar-refractivity contribution < 1.29 is 14.3 Å². The number of hydrogen-bond acceptors (Lipinski definition) is 3. The molecule has 0 atom stereocenters. The Morgan fingerprint density at radius 1 is 1.00 bits per heavy atom. The summed E-state index contributed by atoms with van der Waals surface area (Å²) in [7, 11) is 0. The second-order valence-corrected chi connectivity index (χ2v) is 5.10. The highest BCUT2D eigenvalue weighted by Gasteiger charge is 2.03. The molecule has 0 heterocycles. The van der Waals surface area contributed by atoms with Crippen LogP contribution in [0.25, 0.3) is 0 Å². The van der Waals surface area contributed by atoms with Gasteiger partial charge in [0, 0.05) is 18.7 Å². The van der Waals surface area contributed by atoms with Crippen LogP contribution < -0.4 is 10.1 Å². The lowest BCUT2D eigenvalue weighted by Crippen LogP contribution is -2.12. The first-order chi connectivity index (χ1) is 11.3. The van der Waals surface area contributed by atoms with Crippen LogP contribution in [0.2, 0.25) is 0 Å². The molecule has 2 rings (SSSR count). The second kappa shape index (κ2) is 9.64. The highest BCUT2D eigenvalue weighted by molar-refractivity contribution is 5.90. The van der Waals surface area contributed by atoms with Crippen LogP contribution in [0, 0.1) is 0 Å². The Morgan fingerprint density at radius 3 is 2.43 bits per heavy atom. The summed E-state index contributed by atoms with van der Waals surface area (Å²) >= 11 is 0. The Hall–Kier alpha value is -2.33. The van der Waals surface area contributed by atoms with Gasteiger partial charge in [0.1, 0.15) is 12.4 Å². The van der Waals surface area contributed by atoms with Gasteiger partial charge in [0.05, 0.1) is 6.61 Å². The van der Waals surface area contributed by atoms with Gasteiger partial charge in [-0.2, -0.15) is 0 Å². The molecule has 122 valence electrons. The maximum atomic E-state index is 12.0. The lowest BCUT2D eigenvalue weighted by Gasteiger charge is -2.08. The van der Waals surface area contributed by atoms with E-state index < -0.39 is 0 Å². The van der Waals surface area contributed by atoms with Gasteiger partial charge in [0.2, 0.25) is 5.91 Å². The molecule has 0 saturated heterocycles. The van der Waals surface area contributed by atoms with Crippen LogP contribution in [0.1, 0.15) is 18.9 Å². The van der Waals surface area contributed by atoms with Crippen molar-refractivity contribution in [2.24, 2.45) is 0 Å². The number of ether oxygens (including phenoxy) is 2. The van der Waals surface area contributed by atoms with Gasteiger partial charge in [-0.05, 0) is 43.2 Å². The van der Waals surface area contributed by atoms with E-state index in [2.05, 4.69) is 5.32 Å². The van der Waals surface area contributed by atoms with Gasteiger partial charge in [0.25, 0.3) is 0 Å². The minimum Gasteiger partial charge on any atom is -0.491 e. The molecule has 1 amide bonds. The molecule has 0 saturated carbocycles. The molecule has 2 aromatic carbocycles. The first-order valence-corrected chi connectivity index (χ1v) is 7.92. The van der Waals surface area contributed by atoms with Crippen molar-refractivity contribution in [3.8, 4) is 5.75 Å². The Balaban J connectivity index is 1.73. The number of benzene rings is 2. The molecule has 23 heavy (non-hydrogen) atoms. The molecule has 0 spiro atoms. The molecule has 0 unspecified atom stereocenters. The van der Waals surface area contributed by atoms with Gasteiger partial charge in [0.15, 0.2) is 0 Å². The van der Waals surface area contributed by atoms with E-state index in [1.165, 1.54) is 5.56 Å². The Labute approximate surface area is 137 Å². The summed E-state index contributed by atoms with van der Waals surface area (Å²) in [5.74, 6) is 0.783. The van der Waals surface area contributed by atoms with Crippen LogP contribution in [0.5, 0.6) is 5.75 Å². The predicted molar refractivity (Wildman–Crippen MR) is 91.8 cm³/mol. The maximum Gasteiger partial charge on any atom is 0.224 e. The third-order valence-electron chi connectivity index (χ3n) is 3.32. The Morgan fingerprint density at radius 2 is 1.74 bits per heavy atom. The lowest BCUT2D eigenvalue weighted by atomic mass is 10.1. The molecule has 0 aliphatic carbocycles. The average Bonchev–Trinajstić information content (AvgIpc) is 2.59. The van der Waals surface area contributed by atoms with Crippen molar-refractivity contribution >= 4 is 11.6 Å². The van der Waals surface area contributed by atoms with E-state index in [-0.39, 0.29) is 5.91 Å². The van der Waals surface area contributed by atoms with E-state index in [0.29, 0.717) is 26.2 Å². The molecular weight excluding hydrogens is 290 g/mol. The van der Waals surface area contributed by atoms with Crippen LogP contribution in [0.3, 0.4) is 0 Å². The van der Waals surface area contributed by atoms with E-state index in [1.54, 1.807) is 0 Å². The number of anilines is 1. The summed E-state index contributed by atoms with van der Waals surface area (Å²) in [6, 6.07) is 17.4.